The lowest BCUT2D eigenvalue weighted by Gasteiger charge is -2.06. The van der Waals surface area contributed by atoms with Crippen LogP contribution in [0.2, 0.25) is 0 Å². The second-order valence-corrected chi connectivity index (χ2v) is 5.81. The van der Waals surface area contributed by atoms with Crippen LogP contribution in [0.4, 0.5) is 10.6 Å². The van der Waals surface area contributed by atoms with Crippen molar-refractivity contribution in [1.29, 1.82) is 0 Å². The Hall–Kier alpha value is -3.09. The highest BCUT2D eigenvalue weighted by Gasteiger charge is 2.09. The fraction of sp³-hybridized carbons (Fsp3) is 0.278. The Morgan fingerprint density at radius 3 is 2.84 bits per heavy atom. The highest BCUT2D eigenvalue weighted by Crippen LogP contribution is 2.16. The van der Waals surface area contributed by atoms with Crippen LogP contribution >= 0.6 is 0 Å². The average molecular weight is 338 g/mol. The second kappa shape index (κ2) is 7.65. The lowest BCUT2D eigenvalue weighted by Crippen LogP contribution is -2.29. The molecule has 0 spiro atoms. The summed E-state index contributed by atoms with van der Waals surface area (Å²) in [7, 11) is 1.81. The van der Waals surface area contributed by atoms with E-state index in [0.29, 0.717) is 18.2 Å². The molecule has 3 rings (SSSR count). The van der Waals surface area contributed by atoms with Gasteiger partial charge >= 0.3 is 6.03 Å². The van der Waals surface area contributed by atoms with Gasteiger partial charge in [0.05, 0.1) is 24.1 Å². The fourth-order valence-corrected chi connectivity index (χ4v) is 2.56. The van der Waals surface area contributed by atoms with Crippen molar-refractivity contribution < 1.29 is 4.79 Å². The van der Waals surface area contributed by atoms with Crippen molar-refractivity contribution in [2.24, 2.45) is 7.05 Å². The average Bonchev–Trinajstić information content (AvgIpc) is 3.21. The monoisotopic (exact) mass is 338 g/mol. The van der Waals surface area contributed by atoms with Crippen molar-refractivity contribution in [2.45, 2.75) is 26.3 Å². The number of imidazole rings is 1. The molecule has 130 valence electrons. The lowest BCUT2D eigenvalue weighted by atomic mass is 10.2. The number of amides is 2. The van der Waals surface area contributed by atoms with Crippen molar-refractivity contribution >= 4 is 11.8 Å². The first-order valence-corrected chi connectivity index (χ1v) is 8.32. The van der Waals surface area contributed by atoms with Crippen LogP contribution in [-0.2, 0) is 20.0 Å². The van der Waals surface area contributed by atoms with Gasteiger partial charge in [-0.15, -0.1) is 0 Å². The van der Waals surface area contributed by atoms with Crippen molar-refractivity contribution in [3.63, 3.8) is 0 Å². The third-order valence-corrected chi connectivity index (χ3v) is 3.81. The molecule has 0 bridgehead atoms. The van der Waals surface area contributed by atoms with Gasteiger partial charge in [0.2, 0.25) is 0 Å². The van der Waals surface area contributed by atoms with Crippen LogP contribution in [0, 0.1) is 0 Å². The quantitative estimate of drug-likeness (QED) is 0.645. The van der Waals surface area contributed by atoms with E-state index in [0.717, 1.165) is 29.8 Å². The Balaban J connectivity index is 1.55. The molecule has 7 nitrogen and oxygen atoms in total. The van der Waals surface area contributed by atoms with Crippen LogP contribution < -0.4 is 10.6 Å². The van der Waals surface area contributed by atoms with Gasteiger partial charge in [-0.3, -0.25) is 10.00 Å². The van der Waals surface area contributed by atoms with E-state index in [9.17, 15) is 4.79 Å². The van der Waals surface area contributed by atoms with Gasteiger partial charge in [0.25, 0.3) is 0 Å². The number of rotatable bonds is 6. The molecule has 2 aromatic heterocycles. The number of carbonyl (C=O) groups is 1. The summed E-state index contributed by atoms with van der Waals surface area (Å²) in [5.41, 5.74) is 2.96. The Kier molecular flexibility index (Phi) is 5.13. The standard InChI is InChI=1S/C18H22N6O/c1-3-7-14-10-17(24(2)23-14)22-18(25)20-12-16-19-11-15(21-16)13-8-5-4-6-9-13/h4-6,8-11H,3,7,12H2,1-2H3,(H,19,21)(H2,20,22,25). The van der Waals surface area contributed by atoms with Crippen molar-refractivity contribution in [2.75, 3.05) is 5.32 Å². The maximum atomic E-state index is 12.1. The molecule has 2 amide bonds. The molecule has 0 atom stereocenters. The smallest absolute Gasteiger partial charge is 0.320 e. The molecular weight excluding hydrogens is 316 g/mol. The van der Waals surface area contributed by atoms with Crippen LogP contribution in [0.25, 0.3) is 11.3 Å². The second-order valence-electron chi connectivity index (χ2n) is 5.81. The topological polar surface area (TPSA) is 87.6 Å². The van der Waals surface area contributed by atoms with Gasteiger partial charge in [0, 0.05) is 13.1 Å². The number of aromatic amines is 1. The number of aromatic nitrogens is 4. The van der Waals surface area contributed by atoms with E-state index >= 15 is 0 Å². The van der Waals surface area contributed by atoms with E-state index in [2.05, 4.69) is 32.6 Å². The molecule has 0 fully saturated rings. The number of hydrogen-bond donors (Lipinski definition) is 3. The zero-order valence-electron chi connectivity index (χ0n) is 14.4. The van der Waals surface area contributed by atoms with Gasteiger partial charge in [0.15, 0.2) is 0 Å². The summed E-state index contributed by atoms with van der Waals surface area (Å²) in [6.45, 7) is 2.42. The minimum Gasteiger partial charge on any atom is -0.341 e. The maximum Gasteiger partial charge on any atom is 0.320 e. The summed E-state index contributed by atoms with van der Waals surface area (Å²) in [5.74, 6) is 1.37. The maximum absolute atomic E-state index is 12.1. The van der Waals surface area contributed by atoms with Gasteiger partial charge in [-0.05, 0) is 12.0 Å². The zero-order chi connectivity index (χ0) is 17.6. The molecule has 1 aromatic carbocycles. The predicted molar refractivity (Wildman–Crippen MR) is 97.1 cm³/mol. The minimum atomic E-state index is -0.288. The van der Waals surface area contributed by atoms with E-state index in [-0.39, 0.29) is 6.03 Å². The summed E-state index contributed by atoms with van der Waals surface area (Å²) in [6.07, 6.45) is 3.68. The number of carbonyl (C=O) groups excluding carboxylic acids is 1. The van der Waals surface area contributed by atoms with Crippen LogP contribution in [-0.4, -0.2) is 25.8 Å². The Morgan fingerprint density at radius 2 is 2.08 bits per heavy atom. The van der Waals surface area contributed by atoms with Crippen LogP contribution in [0.1, 0.15) is 24.9 Å². The fourth-order valence-electron chi connectivity index (χ4n) is 2.56. The highest BCUT2D eigenvalue weighted by atomic mass is 16.2. The van der Waals surface area contributed by atoms with E-state index < -0.39 is 0 Å². The molecule has 3 aromatic rings. The summed E-state index contributed by atoms with van der Waals surface area (Å²) in [4.78, 5) is 19.6. The number of H-pyrrole nitrogens is 1. The van der Waals surface area contributed by atoms with Crippen molar-refractivity contribution in [3.05, 3.63) is 54.1 Å². The molecule has 2 heterocycles. The summed E-state index contributed by atoms with van der Waals surface area (Å²) < 4.78 is 1.67. The number of hydrogen-bond acceptors (Lipinski definition) is 3. The van der Waals surface area contributed by atoms with Gasteiger partial charge in [-0.1, -0.05) is 43.7 Å². The Morgan fingerprint density at radius 1 is 1.28 bits per heavy atom. The van der Waals surface area contributed by atoms with Crippen molar-refractivity contribution in [3.8, 4) is 11.3 Å². The van der Waals surface area contributed by atoms with Crippen molar-refractivity contribution in [1.82, 2.24) is 25.1 Å². The number of urea groups is 1. The molecule has 0 aliphatic heterocycles. The largest absolute Gasteiger partial charge is 0.341 e. The van der Waals surface area contributed by atoms with Gasteiger partial charge in [-0.2, -0.15) is 5.10 Å². The van der Waals surface area contributed by atoms with Crippen LogP contribution in [0.3, 0.4) is 0 Å². The molecule has 0 aliphatic rings. The first-order valence-electron chi connectivity index (χ1n) is 8.32. The zero-order valence-corrected chi connectivity index (χ0v) is 14.4. The van der Waals surface area contributed by atoms with E-state index in [1.807, 2.05) is 43.4 Å². The lowest BCUT2D eigenvalue weighted by molar-refractivity contribution is 0.251. The van der Waals surface area contributed by atoms with Gasteiger partial charge in [0.1, 0.15) is 11.6 Å². The van der Waals surface area contributed by atoms with E-state index in [1.165, 1.54) is 0 Å². The Bertz CT molecular complexity index is 836. The summed E-state index contributed by atoms with van der Waals surface area (Å²) in [5, 5.41) is 9.97. The third kappa shape index (κ3) is 4.26. The molecule has 25 heavy (non-hydrogen) atoms. The molecule has 7 heteroatoms. The number of nitrogens with zero attached hydrogens (tertiary/aromatic N) is 3. The molecular formula is C18H22N6O. The molecule has 0 radical (unpaired) electrons. The number of benzene rings is 1. The number of nitrogens with one attached hydrogen (secondary N) is 3. The predicted octanol–water partition coefficient (Wildman–Crippen LogP) is 3.08. The van der Waals surface area contributed by atoms with Crippen LogP contribution in [0.5, 0.6) is 0 Å². The molecule has 3 N–H and O–H groups in total. The molecule has 0 unspecified atom stereocenters. The minimum absolute atomic E-state index is 0.288. The molecule has 0 aliphatic carbocycles. The first-order chi connectivity index (χ1) is 12.2. The van der Waals surface area contributed by atoms with E-state index in [4.69, 9.17) is 0 Å². The number of aryl methyl sites for hydroxylation is 2. The van der Waals surface area contributed by atoms with E-state index in [1.54, 1.807) is 10.9 Å². The van der Waals surface area contributed by atoms with Gasteiger partial charge in [-0.25, -0.2) is 9.78 Å². The first kappa shape index (κ1) is 16.8. The van der Waals surface area contributed by atoms with Crippen LogP contribution in [0.15, 0.2) is 42.6 Å². The normalized spacial score (nSPS) is 10.6. The highest BCUT2D eigenvalue weighted by molar-refractivity contribution is 5.88. The molecule has 0 saturated heterocycles. The SMILES string of the molecule is CCCc1cc(NC(=O)NCc2ncc(-c3ccccc3)[nH]2)n(C)n1. The number of anilines is 1. The molecule has 0 saturated carbocycles. The van der Waals surface area contributed by atoms with Gasteiger partial charge < -0.3 is 10.3 Å². The third-order valence-electron chi connectivity index (χ3n) is 3.81. The Labute approximate surface area is 146 Å². The summed E-state index contributed by atoms with van der Waals surface area (Å²) in [6, 6.07) is 11.5. The summed E-state index contributed by atoms with van der Waals surface area (Å²) >= 11 is 0.